The lowest BCUT2D eigenvalue weighted by atomic mass is 10.1. The van der Waals surface area contributed by atoms with Crippen molar-refractivity contribution in [3.05, 3.63) is 0 Å². The maximum atomic E-state index is 8.63. The Balaban J connectivity index is 3.81. The van der Waals surface area contributed by atoms with E-state index in [0.717, 1.165) is 6.42 Å². The van der Waals surface area contributed by atoms with Crippen LogP contribution in [0.15, 0.2) is 0 Å². The van der Waals surface area contributed by atoms with E-state index < -0.39 is 12.8 Å². The summed E-state index contributed by atoms with van der Waals surface area (Å²) in [4.78, 5) is 0. The monoisotopic (exact) mass is 105 g/mol. The maximum Gasteiger partial charge on any atom is 0.0456 e. The lowest BCUT2D eigenvalue weighted by Crippen LogP contribution is -1.98. The molecular formula is C6H14O. The summed E-state index contributed by atoms with van der Waals surface area (Å²) in [6.45, 7) is -0.302. The predicted octanol–water partition coefficient (Wildman–Crippen LogP) is 1.41. The first-order chi connectivity index (χ1) is 4.52. The van der Waals surface area contributed by atoms with Gasteiger partial charge in [0.2, 0.25) is 0 Å². The zero-order valence-electron chi connectivity index (χ0n) is 7.65. The predicted molar refractivity (Wildman–Crippen MR) is 31.2 cm³/mol. The molecule has 44 valence electrons. The molecule has 1 atom stereocenters. The van der Waals surface area contributed by atoms with Crippen LogP contribution in [0.4, 0.5) is 0 Å². The van der Waals surface area contributed by atoms with Gasteiger partial charge in [-0.1, -0.05) is 20.2 Å². The van der Waals surface area contributed by atoms with Crippen molar-refractivity contribution < 1.29 is 9.22 Å². The minimum Gasteiger partial charge on any atom is -0.396 e. The Bertz CT molecular complexity index is 89.5. The molecule has 0 aliphatic rings. The average molecular weight is 105 g/mol. The van der Waals surface area contributed by atoms with Crippen LogP contribution in [0.3, 0.4) is 0 Å². The van der Waals surface area contributed by atoms with Crippen LogP contribution in [-0.4, -0.2) is 11.7 Å². The Labute approximate surface area is 49.6 Å². The SMILES string of the molecule is [2H]C([2H])([2H])[C@H](CO)CCC. The van der Waals surface area contributed by atoms with Crippen LogP contribution in [0.25, 0.3) is 0 Å². The van der Waals surface area contributed by atoms with E-state index in [1.807, 2.05) is 6.92 Å². The van der Waals surface area contributed by atoms with E-state index in [1.165, 1.54) is 0 Å². The molecule has 1 N–H and O–H groups in total. The largest absolute Gasteiger partial charge is 0.396 e. The summed E-state index contributed by atoms with van der Waals surface area (Å²) < 4.78 is 20.9. The highest BCUT2D eigenvalue weighted by molar-refractivity contribution is 4.45. The van der Waals surface area contributed by atoms with Gasteiger partial charge in [-0.05, 0) is 12.3 Å². The van der Waals surface area contributed by atoms with Gasteiger partial charge in [0.1, 0.15) is 0 Å². The Kier molecular flexibility index (Phi) is 1.82. The molecule has 7 heavy (non-hydrogen) atoms. The molecular weight excluding hydrogens is 88.1 g/mol. The zero-order chi connectivity index (χ0) is 8.20. The summed E-state index contributed by atoms with van der Waals surface area (Å²) in [6, 6.07) is 0. The summed E-state index contributed by atoms with van der Waals surface area (Å²) >= 11 is 0. The van der Waals surface area contributed by atoms with Gasteiger partial charge in [-0.15, -0.1) is 0 Å². The fraction of sp³-hybridized carbons (Fsp3) is 1.00. The fourth-order valence-electron chi connectivity index (χ4n) is 0.440. The van der Waals surface area contributed by atoms with E-state index in [9.17, 15) is 0 Å². The van der Waals surface area contributed by atoms with Crippen molar-refractivity contribution in [1.29, 1.82) is 0 Å². The van der Waals surface area contributed by atoms with E-state index in [4.69, 9.17) is 9.22 Å². The third-order valence-corrected chi connectivity index (χ3v) is 0.858. The number of aliphatic hydroxyl groups is 1. The highest BCUT2D eigenvalue weighted by atomic mass is 16.3. The molecule has 0 aliphatic carbocycles. The second-order valence-electron chi connectivity index (χ2n) is 1.67. The number of aliphatic hydroxyl groups excluding tert-OH is 1. The van der Waals surface area contributed by atoms with Crippen molar-refractivity contribution in [2.45, 2.75) is 26.6 Å². The Morgan fingerprint density at radius 3 is 2.71 bits per heavy atom. The third kappa shape index (κ3) is 3.80. The van der Waals surface area contributed by atoms with Gasteiger partial charge in [0, 0.05) is 10.7 Å². The van der Waals surface area contributed by atoms with Crippen LogP contribution in [0.2, 0.25) is 0 Å². The Morgan fingerprint density at radius 1 is 1.86 bits per heavy atom. The Hall–Kier alpha value is -0.0400. The minimum absolute atomic E-state index is 0.232. The summed E-state index contributed by atoms with van der Waals surface area (Å²) in [5.41, 5.74) is 0. The molecule has 0 bridgehead atoms. The van der Waals surface area contributed by atoms with Gasteiger partial charge in [0.15, 0.2) is 0 Å². The van der Waals surface area contributed by atoms with Crippen LogP contribution in [-0.2, 0) is 0 Å². The summed E-state index contributed by atoms with van der Waals surface area (Å²) in [7, 11) is 0. The molecule has 0 fully saturated rings. The van der Waals surface area contributed by atoms with Crippen molar-refractivity contribution in [1.82, 2.24) is 0 Å². The van der Waals surface area contributed by atoms with E-state index in [0.29, 0.717) is 6.42 Å². The standard InChI is InChI=1S/C6H14O/c1-3-4-6(2)5-7/h6-7H,3-5H2,1-2H3/t6-/m0/s1/i2D3. The van der Waals surface area contributed by atoms with E-state index in [1.54, 1.807) is 0 Å². The van der Waals surface area contributed by atoms with E-state index in [-0.39, 0.29) is 6.61 Å². The van der Waals surface area contributed by atoms with Gasteiger partial charge < -0.3 is 5.11 Å². The molecule has 1 nitrogen and oxygen atoms in total. The van der Waals surface area contributed by atoms with Crippen molar-refractivity contribution in [2.75, 3.05) is 6.61 Å². The minimum atomic E-state index is -1.98. The summed E-state index contributed by atoms with van der Waals surface area (Å²) in [5, 5.41) is 8.63. The van der Waals surface area contributed by atoms with Gasteiger partial charge in [-0.25, -0.2) is 0 Å². The van der Waals surface area contributed by atoms with Crippen LogP contribution >= 0.6 is 0 Å². The van der Waals surface area contributed by atoms with Gasteiger partial charge >= 0.3 is 0 Å². The zero-order valence-corrected chi connectivity index (χ0v) is 4.65. The topological polar surface area (TPSA) is 20.2 Å². The second-order valence-corrected chi connectivity index (χ2v) is 1.67. The third-order valence-electron chi connectivity index (χ3n) is 0.858. The molecule has 1 heteroatoms. The molecule has 0 aliphatic heterocycles. The van der Waals surface area contributed by atoms with Gasteiger partial charge in [-0.3, -0.25) is 0 Å². The summed E-state index contributed by atoms with van der Waals surface area (Å²) in [5.74, 6) is -0.530. The Morgan fingerprint density at radius 2 is 2.57 bits per heavy atom. The van der Waals surface area contributed by atoms with Crippen molar-refractivity contribution in [2.24, 2.45) is 5.92 Å². The smallest absolute Gasteiger partial charge is 0.0456 e. The lowest BCUT2D eigenvalue weighted by Gasteiger charge is -2.01. The molecule has 0 rings (SSSR count). The molecule has 0 heterocycles. The van der Waals surface area contributed by atoms with Crippen molar-refractivity contribution >= 4 is 0 Å². The molecule has 0 radical (unpaired) electrons. The quantitative estimate of drug-likeness (QED) is 0.575. The first-order valence-corrected chi connectivity index (χ1v) is 2.63. The highest BCUT2D eigenvalue weighted by Gasteiger charge is 1.93. The van der Waals surface area contributed by atoms with Crippen LogP contribution in [0.5, 0.6) is 0 Å². The molecule has 0 aromatic heterocycles. The fourth-order valence-corrected chi connectivity index (χ4v) is 0.440. The maximum absolute atomic E-state index is 8.63. The number of hydrogen-bond donors (Lipinski definition) is 1. The van der Waals surface area contributed by atoms with Gasteiger partial charge in [0.25, 0.3) is 0 Å². The van der Waals surface area contributed by atoms with Crippen LogP contribution < -0.4 is 0 Å². The van der Waals surface area contributed by atoms with Crippen molar-refractivity contribution in [3.63, 3.8) is 0 Å². The highest BCUT2D eigenvalue weighted by Crippen LogP contribution is 2.01. The number of rotatable bonds is 3. The van der Waals surface area contributed by atoms with Crippen LogP contribution in [0, 0.1) is 5.92 Å². The molecule has 0 spiro atoms. The molecule has 0 saturated carbocycles. The van der Waals surface area contributed by atoms with E-state index in [2.05, 4.69) is 0 Å². The molecule has 0 amide bonds. The average Bonchev–Trinajstić information content (AvgIpc) is 1.80. The van der Waals surface area contributed by atoms with E-state index >= 15 is 0 Å². The van der Waals surface area contributed by atoms with Crippen LogP contribution in [0.1, 0.15) is 30.7 Å². The molecule has 0 unspecified atom stereocenters. The van der Waals surface area contributed by atoms with Gasteiger partial charge in [0.05, 0.1) is 0 Å². The first-order valence-electron chi connectivity index (χ1n) is 4.13. The molecule has 0 aromatic carbocycles. The van der Waals surface area contributed by atoms with Crippen molar-refractivity contribution in [3.8, 4) is 0 Å². The lowest BCUT2D eigenvalue weighted by molar-refractivity contribution is 0.229. The first kappa shape index (κ1) is 3.08. The molecule has 0 aromatic rings. The normalized spacial score (nSPS) is 22.3. The summed E-state index contributed by atoms with van der Waals surface area (Å²) in [6.07, 6.45) is 1.39. The van der Waals surface area contributed by atoms with Gasteiger partial charge in [-0.2, -0.15) is 0 Å². The number of hydrogen-bond acceptors (Lipinski definition) is 1. The molecule has 0 saturated heterocycles. The second kappa shape index (κ2) is 4.13.